The number of nitriles is 1. The number of rotatable bonds is 2. The molecule has 1 aromatic heterocycles. The fraction of sp³-hybridized carbons (Fsp3) is 0.167. The van der Waals surface area contributed by atoms with Crippen molar-refractivity contribution in [2.75, 3.05) is 0 Å². The van der Waals surface area contributed by atoms with Gasteiger partial charge in [0.2, 0.25) is 0 Å². The Balaban J connectivity index is 2.33. The Bertz CT molecular complexity index is 488. The molecule has 0 N–H and O–H groups in total. The minimum Gasteiger partial charge on any atom is -0.268 e. The predicted molar refractivity (Wildman–Crippen MR) is 58.0 cm³/mol. The number of benzene rings is 1. The van der Waals surface area contributed by atoms with Crippen molar-refractivity contribution in [3.8, 4) is 17.3 Å². The second-order valence-electron chi connectivity index (χ2n) is 3.37. The zero-order valence-electron chi connectivity index (χ0n) is 8.51. The highest BCUT2D eigenvalue weighted by Crippen LogP contribution is 2.18. The molecule has 0 aliphatic rings. The van der Waals surface area contributed by atoms with Crippen LogP contribution >= 0.6 is 0 Å². The van der Waals surface area contributed by atoms with E-state index in [4.69, 9.17) is 5.26 Å². The van der Waals surface area contributed by atoms with Crippen molar-refractivity contribution in [1.82, 2.24) is 9.78 Å². The van der Waals surface area contributed by atoms with Crippen molar-refractivity contribution >= 4 is 0 Å². The van der Waals surface area contributed by atoms with Crippen LogP contribution in [0.15, 0.2) is 36.5 Å². The summed E-state index contributed by atoms with van der Waals surface area (Å²) in [4.78, 5) is 0. The predicted octanol–water partition coefficient (Wildman–Crippen LogP) is 2.15. The van der Waals surface area contributed by atoms with Gasteiger partial charge in [0.25, 0.3) is 0 Å². The van der Waals surface area contributed by atoms with Gasteiger partial charge in [-0.1, -0.05) is 24.3 Å². The van der Waals surface area contributed by atoms with Crippen molar-refractivity contribution in [3.05, 3.63) is 42.1 Å². The Kier molecular flexibility index (Phi) is 2.51. The van der Waals surface area contributed by atoms with Gasteiger partial charge in [-0.15, -0.1) is 0 Å². The van der Waals surface area contributed by atoms with Gasteiger partial charge in [0.15, 0.2) is 0 Å². The molecule has 0 aliphatic carbocycles. The molecule has 0 radical (unpaired) electrons. The molecule has 1 heterocycles. The minimum atomic E-state index is 0.464. The Morgan fingerprint density at radius 1 is 1.27 bits per heavy atom. The van der Waals surface area contributed by atoms with Crippen LogP contribution in [-0.4, -0.2) is 9.78 Å². The van der Waals surface area contributed by atoms with E-state index in [9.17, 15) is 0 Å². The third-order valence-electron chi connectivity index (χ3n) is 2.35. The number of nitrogens with zero attached hydrogens (tertiary/aromatic N) is 3. The van der Waals surface area contributed by atoms with Crippen molar-refractivity contribution < 1.29 is 0 Å². The lowest BCUT2D eigenvalue weighted by atomic mass is 10.1. The van der Waals surface area contributed by atoms with Crippen LogP contribution < -0.4 is 0 Å². The van der Waals surface area contributed by atoms with Gasteiger partial charge in [-0.3, -0.25) is 4.68 Å². The zero-order chi connectivity index (χ0) is 10.7. The molecule has 0 unspecified atom stereocenters. The molecule has 0 spiro atoms. The van der Waals surface area contributed by atoms with Crippen LogP contribution in [0, 0.1) is 11.3 Å². The second kappa shape index (κ2) is 3.97. The van der Waals surface area contributed by atoms with E-state index < -0.39 is 0 Å². The molecule has 3 heteroatoms. The fourth-order valence-electron chi connectivity index (χ4n) is 1.54. The molecule has 0 amide bonds. The largest absolute Gasteiger partial charge is 0.268 e. The first kappa shape index (κ1) is 9.47. The van der Waals surface area contributed by atoms with E-state index in [0.717, 1.165) is 16.8 Å². The van der Waals surface area contributed by atoms with E-state index in [0.29, 0.717) is 6.42 Å². The first-order valence-corrected chi connectivity index (χ1v) is 4.75. The van der Waals surface area contributed by atoms with E-state index in [2.05, 4.69) is 11.2 Å². The van der Waals surface area contributed by atoms with Crippen LogP contribution in [0.2, 0.25) is 0 Å². The van der Waals surface area contributed by atoms with Crippen molar-refractivity contribution in [1.29, 1.82) is 5.26 Å². The molecule has 0 fully saturated rings. The smallest absolute Gasteiger partial charge is 0.0678 e. The number of hydrogen-bond donors (Lipinski definition) is 0. The lowest BCUT2D eigenvalue weighted by molar-refractivity contribution is 0.776. The van der Waals surface area contributed by atoms with Crippen molar-refractivity contribution in [3.63, 3.8) is 0 Å². The summed E-state index contributed by atoms with van der Waals surface area (Å²) in [5.41, 5.74) is 3.25. The summed E-state index contributed by atoms with van der Waals surface area (Å²) in [6.07, 6.45) is 2.24. The van der Waals surface area contributed by atoms with Crippen LogP contribution in [-0.2, 0) is 13.5 Å². The molecular formula is C12H11N3. The maximum atomic E-state index is 8.55. The van der Waals surface area contributed by atoms with Gasteiger partial charge in [0.1, 0.15) is 0 Å². The minimum absolute atomic E-state index is 0.464. The van der Waals surface area contributed by atoms with Crippen LogP contribution in [0.4, 0.5) is 0 Å². The maximum Gasteiger partial charge on any atom is 0.0678 e. The maximum absolute atomic E-state index is 8.55. The number of hydrogen-bond acceptors (Lipinski definition) is 2. The van der Waals surface area contributed by atoms with E-state index in [1.165, 1.54) is 0 Å². The molecule has 1 aromatic carbocycles. The van der Waals surface area contributed by atoms with Gasteiger partial charge in [0.05, 0.1) is 18.2 Å². The lowest BCUT2D eigenvalue weighted by Gasteiger charge is -2.02. The molecule has 0 aliphatic heterocycles. The SMILES string of the molecule is Cn1nccc1-c1ccc(CC#N)cc1. The summed E-state index contributed by atoms with van der Waals surface area (Å²) in [5.74, 6) is 0. The standard InChI is InChI=1S/C12H11N3/c1-15-12(7-9-14-15)11-4-2-10(3-5-11)6-8-13/h2-5,7,9H,6H2,1H3. The number of aromatic nitrogens is 2. The highest BCUT2D eigenvalue weighted by Gasteiger charge is 2.01. The highest BCUT2D eigenvalue weighted by molar-refractivity contribution is 5.59. The van der Waals surface area contributed by atoms with Crippen LogP contribution in [0.5, 0.6) is 0 Å². The van der Waals surface area contributed by atoms with Crippen LogP contribution in [0.25, 0.3) is 11.3 Å². The highest BCUT2D eigenvalue weighted by atomic mass is 15.2. The molecule has 74 valence electrons. The van der Waals surface area contributed by atoms with Gasteiger partial charge in [0, 0.05) is 13.2 Å². The van der Waals surface area contributed by atoms with E-state index >= 15 is 0 Å². The molecule has 0 saturated heterocycles. The summed E-state index contributed by atoms with van der Waals surface area (Å²) in [6.45, 7) is 0. The Hall–Kier alpha value is -2.08. The summed E-state index contributed by atoms with van der Waals surface area (Å²) >= 11 is 0. The molecular weight excluding hydrogens is 186 g/mol. The molecule has 0 saturated carbocycles. The third kappa shape index (κ3) is 1.89. The molecule has 15 heavy (non-hydrogen) atoms. The van der Waals surface area contributed by atoms with E-state index in [1.807, 2.05) is 42.1 Å². The average molecular weight is 197 g/mol. The number of aryl methyl sites for hydroxylation is 1. The molecule has 2 aromatic rings. The summed E-state index contributed by atoms with van der Waals surface area (Å²) in [7, 11) is 1.92. The van der Waals surface area contributed by atoms with Crippen molar-refractivity contribution in [2.24, 2.45) is 7.05 Å². The normalized spacial score (nSPS) is 9.87. The molecule has 0 atom stereocenters. The Morgan fingerprint density at radius 2 is 2.00 bits per heavy atom. The van der Waals surface area contributed by atoms with Crippen molar-refractivity contribution in [2.45, 2.75) is 6.42 Å². The summed E-state index contributed by atoms with van der Waals surface area (Å²) in [6, 6.07) is 12.1. The summed E-state index contributed by atoms with van der Waals surface area (Å²) < 4.78 is 1.83. The fourth-order valence-corrected chi connectivity index (χ4v) is 1.54. The van der Waals surface area contributed by atoms with Gasteiger partial charge < -0.3 is 0 Å². The quantitative estimate of drug-likeness (QED) is 0.740. The zero-order valence-corrected chi connectivity index (χ0v) is 8.51. The average Bonchev–Trinajstić information content (AvgIpc) is 2.66. The molecule has 2 rings (SSSR count). The van der Waals surface area contributed by atoms with Crippen LogP contribution in [0.1, 0.15) is 5.56 Å². The summed E-state index contributed by atoms with van der Waals surface area (Å²) in [5, 5.41) is 12.7. The second-order valence-corrected chi connectivity index (χ2v) is 3.37. The first-order valence-electron chi connectivity index (χ1n) is 4.75. The van der Waals surface area contributed by atoms with E-state index in [-0.39, 0.29) is 0 Å². The van der Waals surface area contributed by atoms with Crippen LogP contribution in [0.3, 0.4) is 0 Å². The topological polar surface area (TPSA) is 41.6 Å². The molecule has 3 nitrogen and oxygen atoms in total. The monoisotopic (exact) mass is 197 g/mol. The Labute approximate surface area is 88.6 Å². The van der Waals surface area contributed by atoms with Gasteiger partial charge in [-0.2, -0.15) is 10.4 Å². The lowest BCUT2D eigenvalue weighted by Crippen LogP contribution is -1.93. The van der Waals surface area contributed by atoms with E-state index in [1.54, 1.807) is 6.20 Å². The van der Waals surface area contributed by atoms with Gasteiger partial charge >= 0.3 is 0 Å². The molecule has 0 bridgehead atoms. The van der Waals surface area contributed by atoms with Gasteiger partial charge in [-0.25, -0.2) is 0 Å². The Morgan fingerprint density at radius 3 is 2.53 bits per heavy atom. The first-order chi connectivity index (χ1) is 7.31. The van der Waals surface area contributed by atoms with Gasteiger partial charge in [-0.05, 0) is 17.2 Å². The third-order valence-corrected chi connectivity index (χ3v) is 2.35.